The quantitative estimate of drug-likeness (QED) is 0.128. The summed E-state index contributed by atoms with van der Waals surface area (Å²) in [4.78, 5) is 9.18. The summed E-state index contributed by atoms with van der Waals surface area (Å²) in [7, 11) is 0. The number of rotatable bonds is 5. The fourth-order valence-electron chi connectivity index (χ4n) is 5.68. The zero-order valence-electron chi connectivity index (χ0n) is 27.9. The largest absolute Gasteiger partial charge is 0 e. The average Bonchev–Trinajstić information content (AvgIpc) is 3.44. The van der Waals surface area contributed by atoms with Crippen molar-refractivity contribution in [1.29, 1.82) is 0 Å². The molecule has 7 rings (SSSR count). The molecule has 0 aliphatic rings. The van der Waals surface area contributed by atoms with Crippen molar-refractivity contribution in [3.63, 3.8) is 0 Å². The van der Waals surface area contributed by atoms with Crippen molar-refractivity contribution < 1.29 is 24.5 Å². The first-order valence-corrected chi connectivity index (χ1v) is 23.2. The maximum absolute atomic E-state index is 6.49. The molecular formula is C42H40GeIrN2O-2. The number of furan rings is 1. The summed E-state index contributed by atoms with van der Waals surface area (Å²) >= 11 is -1.72. The van der Waals surface area contributed by atoms with Crippen LogP contribution in [0.15, 0.2) is 126 Å². The Balaban J connectivity index is 0.000000217. The van der Waals surface area contributed by atoms with Crippen LogP contribution in [0.3, 0.4) is 0 Å². The SMILES string of the molecule is CC(C)(C)Cc1ccnc(-c2[c-]ccc3c2oc2c(-c4ccccc4)cccc23)c1.[CH3][Ge]([CH3])([CH3])[c]1ccc(-c2[c-]cccc2)nc1.[Ir]. The van der Waals surface area contributed by atoms with E-state index in [4.69, 9.17) is 4.42 Å². The first-order valence-electron chi connectivity index (χ1n) is 15.9. The number of para-hydroxylation sites is 1. The van der Waals surface area contributed by atoms with Gasteiger partial charge in [0.2, 0.25) is 0 Å². The van der Waals surface area contributed by atoms with Crippen LogP contribution in [0, 0.1) is 17.5 Å². The molecule has 0 aliphatic heterocycles. The van der Waals surface area contributed by atoms with Gasteiger partial charge in [0, 0.05) is 37.3 Å². The van der Waals surface area contributed by atoms with E-state index < -0.39 is 13.3 Å². The molecule has 0 bridgehead atoms. The summed E-state index contributed by atoms with van der Waals surface area (Å²) in [5.41, 5.74) is 9.40. The van der Waals surface area contributed by atoms with Crippen molar-refractivity contribution in [2.24, 2.45) is 5.41 Å². The van der Waals surface area contributed by atoms with Crippen LogP contribution < -0.4 is 4.40 Å². The van der Waals surface area contributed by atoms with Crippen molar-refractivity contribution in [3.05, 3.63) is 139 Å². The van der Waals surface area contributed by atoms with E-state index in [9.17, 15) is 0 Å². The number of hydrogen-bond donors (Lipinski definition) is 0. The Morgan fingerprint density at radius 1 is 0.702 bits per heavy atom. The van der Waals surface area contributed by atoms with Crippen molar-refractivity contribution in [2.45, 2.75) is 44.5 Å². The van der Waals surface area contributed by atoms with Crippen LogP contribution in [0.2, 0.25) is 17.3 Å². The molecule has 3 heterocycles. The van der Waals surface area contributed by atoms with Crippen LogP contribution in [0.25, 0.3) is 55.6 Å². The topological polar surface area (TPSA) is 38.9 Å². The molecule has 1 radical (unpaired) electrons. The zero-order valence-corrected chi connectivity index (χ0v) is 32.4. The number of nitrogens with zero attached hydrogens (tertiary/aromatic N) is 2. The molecule has 7 aromatic rings. The van der Waals surface area contributed by atoms with E-state index in [1.165, 1.54) is 9.96 Å². The first kappa shape index (κ1) is 34.5. The third-order valence-electron chi connectivity index (χ3n) is 7.97. The standard InChI is InChI=1S/C28H24NO.C14H16GeN.Ir/c1-28(2,3)18-19-15-16-29-25(17-19)24-14-8-13-23-22-12-7-11-21(26(22)30-27(23)24)20-9-5-4-6-10-20;1-15(2,3)13-9-10-14(16-11-13)12-7-5-4-6-8-12;/h4-13,15-17H,18H2,1-3H3;4-7,9-11H,1-3H3;/q2*-1;. The average molecular weight is 854 g/mol. The number of fused-ring (bicyclic) bond motifs is 3. The van der Waals surface area contributed by atoms with Crippen molar-refractivity contribution in [2.75, 3.05) is 0 Å². The molecular weight excluding hydrogens is 813 g/mol. The molecule has 0 fully saturated rings. The van der Waals surface area contributed by atoms with E-state index >= 15 is 0 Å². The second-order valence-electron chi connectivity index (χ2n) is 14.0. The predicted molar refractivity (Wildman–Crippen MR) is 196 cm³/mol. The van der Waals surface area contributed by atoms with Crippen LogP contribution in [0.4, 0.5) is 0 Å². The zero-order chi connectivity index (χ0) is 32.3. The Labute approximate surface area is 295 Å². The maximum atomic E-state index is 6.49. The summed E-state index contributed by atoms with van der Waals surface area (Å²) in [6.07, 6.45) is 4.92. The molecule has 0 saturated heterocycles. The summed E-state index contributed by atoms with van der Waals surface area (Å²) in [6.45, 7) is 6.76. The molecule has 0 saturated carbocycles. The minimum atomic E-state index is -1.72. The van der Waals surface area contributed by atoms with E-state index in [0.717, 1.165) is 62.0 Å². The van der Waals surface area contributed by atoms with Gasteiger partial charge in [0.15, 0.2) is 0 Å². The molecule has 4 aromatic carbocycles. The van der Waals surface area contributed by atoms with Gasteiger partial charge in [-0.25, -0.2) is 0 Å². The number of aromatic nitrogens is 2. The molecule has 47 heavy (non-hydrogen) atoms. The smallest absolute Gasteiger partial charge is 0 e. The third kappa shape index (κ3) is 8.19. The van der Waals surface area contributed by atoms with Gasteiger partial charge in [0.1, 0.15) is 5.58 Å². The Hall–Kier alpha value is -3.83. The number of hydrogen-bond acceptors (Lipinski definition) is 3. The molecule has 0 amide bonds. The molecule has 0 N–H and O–H groups in total. The van der Waals surface area contributed by atoms with E-state index in [2.05, 4.69) is 133 Å². The van der Waals surface area contributed by atoms with Gasteiger partial charge in [-0.1, -0.05) is 91.9 Å². The first-order chi connectivity index (χ1) is 22.1. The van der Waals surface area contributed by atoms with Crippen molar-refractivity contribution in [1.82, 2.24) is 9.97 Å². The summed E-state index contributed by atoms with van der Waals surface area (Å²) in [6, 6.07) is 43.9. The Bertz CT molecular complexity index is 2070. The van der Waals surface area contributed by atoms with E-state index in [0.29, 0.717) is 0 Å². The van der Waals surface area contributed by atoms with Crippen molar-refractivity contribution >= 4 is 39.6 Å². The molecule has 0 aliphatic carbocycles. The second kappa shape index (κ2) is 14.5. The van der Waals surface area contributed by atoms with Crippen LogP contribution >= 0.6 is 0 Å². The van der Waals surface area contributed by atoms with Crippen LogP contribution in [0.5, 0.6) is 0 Å². The number of benzene rings is 4. The third-order valence-corrected chi connectivity index (χ3v) is 12.2. The Morgan fingerprint density at radius 2 is 1.47 bits per heavy atom. The molecule has 239 valence electrons. The van der Waals surface area contributed by atoms with Gasteiger partial charge >= 0.3 is 99.8 Å². The predicted octanol–water partition coefficient (Wildman–Crippen LogP) is 10.8. The normalized spacial score (nSPS) is 11.5. The molecule has 0 unspecified atom stereocenters. The molecule has 0 spiro atoms. The molecule has 3 aromatic heterocycles. The Kier molecular flexibility index (Phi) is 10.7. The van der Waals surface area contributed by atoms with E-state index in [1.54, 1.807) is 0 Å². The van der Waals surface area contributed by atoms with E-state index in [-0.39, 0.29) is 25.5 Å². The summed E-state index contributed by atoms with van der Waals surface area (Å²) < 4.78 is 7.94. The Morgan fingerprint density at radius 3 is 2.15 bits per heavy atom. The van der Waals surface area contributed by atoms with Gasteiger partial charge in [0.25, 0.3) is 0 Å². The fourth-order valence-corrected chi connectivity index (χ4v) is 7.85. The van der Waals surface area contributed by atoms with E-state index in [1.807, 2.05) is 48.8 Å². The van der Waals surface area contributed by atoms with Gasteiger partial charge in [-0.2, -0.15) is 0 Å². The summed E-state index contributed by atoms with van der Waals surface area (Å²) in [5.74, 6) is 7.14. The van der Waals surface area contributed by atoms with Gasteiger partial charge < -0.3 is 9.40 Å². The maximum Gasteiger partial charge on any atom is 0 e. The van der Waals surface area contributed by atoms with Crippen molar-refractivity contribution in [3.8, 4) is 33.6 Å². The van der Waals surface area contributed by atoms with Crippen LogP contribution in [-0.4, -0.2) is 23.2 Å². The van der Waals surface area contributed by atoms with Crippen LogP contribution in [0.1, 0.15) is 26.3 Å². The number of pyridine rings is 2. The van der Waals surface area contributed by atoms with Gasteiger partial charge in [-0.15, -0.1) is 18.2 Å². The van der Waals surface area contributed by atoms with Crippen LogP contribution in [-0.2, 0) is 26.5 Å². The monoisotopic (exact) mass is 855 g/mol. The second-order valence-corrected chi connectivity index (χ2v) is 24.6. The summed E-state index contributed by atoms with van der Waals surface area (Å²) in [5, 5.41) is 2.21. The van der Waals surface area contributed by atoms with Gasteiger partial charge in [-0.3, -0.25) is 0 Å². The minimum Gasteiger partial charge on any atom is 0 e. The van der Waals surface area contributed by atoms with Gasteiger partial charge in [-0.05, 0) is 29.2 Å². The fraction of sp³-hybridized carbons (Fsp3) is 0.190. The molecule has 5 heteroatoms. The molecule has 0 atom stereocenters. The van der Waals surface area contributed by atoms with Gasteiger partial charge in [0.05, 0.1) is 5.58 Å². The molecule has 3 nitrogen and oxygen atoms in total. The minimum absolute atomic E-state index is 0.